The maximum absolute atomic E-state index is 13.1. The first-order valence-corrected chi connectivity index (χ1v) is 10.9. The molecule has 0 atom stereocenters. The van der Waals surface area contributed by atoms with Crippen LogP contribution in [-0.4, -0.2) is 47.1 Å². The molecule has 1 fully saturated rings. The lowest BCUT2D eigenvalue weighted by Gasteiger charge is -2.31. The topological polar surface area (TPSA) is 89.4 Å². The summed E-state index contributed by atoms with van der Waals surface area (Å²) in [4.78, 5) is 0.371. The molecule has 5 rings (SSSR count). The minimum atomic E-state index is -3.47. The molecule has 1 aromatic carbocycles. The molecule has 3 aliphatic rings. The third kappa shape index (κ3) is 3.35. The van der Waals surface area contributed by atoms with Crippen LogP contribution in [0.15, 0.2) is 23.1 Å². The predicted octanol–water partition coefficient (Wildman–Crippen LogP) is 1.40. The van der Waals surface area contributed by atoms with Gasteiger partial charge in [-0.1, -0.05) is 6.07 Å². The van der Waals surface area contributed by atoms with Crippen molar-refractivity contribution >= 4 is 22.4 Å². The molecule has 3 aliphatic heterocycles. The molecule has 0 amide bonds. The Bertz CT molecular complexity index is 970. The number of benzene rings is 1. The molecule has 0 spiro atoms. The first kappa shape index (κ1) is 19.8. The van der Waals surface area contributed by atoms with Gasteiger partial charge in [-0.15, -0.1) is 22.6 Å². The van der Waals surface area contributed by atoms with Gasteiger partial charge in [0.25, 0.3) is 0 Å². The van der Waals surface area contributed by atoms with Crippen molar-refractivity contribution in [2.24, 2.45) is 0 Å². The molecule has 0 saturated carbocycles. The number of nitrogens with zero attached hydrogens (tertiary/aromatic N) is 4. The number of halogens is 1. The lowest BCUT2D eigenvalue weighted by Crippen LogP contribution is -2.38. The second-order valence-electron chi connectivity index (χ2n) is 7.40. The minimum absolute atomic E-state index is 0. The van der Waals surface area contributed by atoms with Crippen molar-refractivity contribution in [3.05, 3.63) is 41.0 Å². The van der Waals surface area contributed by atoms with Gasteiger partial charge >= 0.3 is 0 Å². The zero-order valence-corrected chi connectivity index (χ0v) is 17.1. The number of nitrogens with one attached hydrogen (secondary N) is 1. The Hall–Kier alpha value is -1.52. The van der Waals surface area contributed by atoms with Gasteiger partial charge < -0.3 is 14.6 Å². The molecular formula is C18H24ClN5O3S. The average molecular weight is 426 g/mol. The van der Waals surface area contributed by atoms with Gasteiger partial charge in [-0.05, 0) is 36.1 Å². The van der Waals surface area contributed by atoms with Crippen molar-refractivity contribution in [3.8, 4) is 0 Å². The highest BCUT2D eigenvalue weighted by Gasteiger charge is 2.33. The highest BCUT2D eigenvalue weighted by Crippen LogP contribution is 2.31. The van der Waals surface area contributed by atoms with Crippen LogP contribution >= 0.6 is 12.4 Å². The van der Waals surface area contributed by atoms with Gasteiger partial charge in [0, 0.05) is 32.1 Å². The van der Waals surface area contributed by atoms with E-state index in [4.69, 9.17) is 4.74 Å². The van der Waals surface area contributed by atoms with Crippen molar-refractivity contribution in [3.63, 3.8) is 0 Å². The zero-order valence-electron chi connectivity index (χ0n) is 15.5. The summed E-state index contributed by atoms with van der Waals surface area (Å²) in [5.41, 5.74) is 2.06. The number of hydrogen-bond acceptors (Lipinski definition) is 6. The van der Waals surface area contributed by atoms with Gasteiger partial charge in [-0.3, -0.25) is 0 Å². The van der Waals surface area contributed by atoms with E-state index in [1.54, 1.807) is 16.4 Å². The van der Waals surface area contributed by atoms with Crippen LogP contribution in [0.5, 0.6) is 0 Å². The standard InChI is InChI=1S/C18H23N5O3S.ClH/c24-27(25,16-2-1-14-11-26-12-15(14)9-16)22-6-3-13(4-7-22)18-21-20-17-10-19-5-8-23(17)18;/h1-2,9,13,19H,3-8,10-12H2;1H. The minimum Gasteiger partial charge on any atom is -0.372 e. The quantitative estimate of drug-likeness (QED) is 0.799. The molecule has 1 saturated heterocycles. The Kier molecular flexibility index (Phi) is 5.45. The molecule has 1 N–H and O–H groups in total. The Morgan fingerprint density at radius 3 is 2.68 bits per heavy atom. The van der Waals surface area contributed by atoms with Crippen LogP contribution < -0.4 is 5.32 Å². The average Bonchev–Trinajstić information content (AvgIpc) is 3.34. The lowest BCUT2D eigenvalue weighted by atomic mass is 9.97. The molecule has 8 nitrogen and oxygen atoms in total. The van der Waals surface area contributed by atoms with E-state index in [0.29, 0.717) is 31.2 Å². The fourth-order valence-electron chi connectivity index (χ4n) is 4.23. The lowest BCUT2D eigenvalue weighted by molar-refractivity contribution is 0.134. The molecule has 4 heterocycles. The zero-order chi connectivity index (χ0) is 18.4. The molecule has 2 aromatic rings. The second kappa shape index (κ2) is 7.72. The fraction of sp³-hybridized carbons (Fsp3) is 0.556. The van der Waals surface area contributed by atoms with Gasteiger partial charge in [0.15, 0.2) is 0 Å². The Morgan fingerprint density at radius 2 is 1.86 bits per heavy atom. The second-order valence-corrected chi connectivity index (χ2v) is 9.34. The summed E-state index contributed by atoms with van der Waals surface area (Å²) < 4.78 is 35.3. The molecule has 0 bridgehead atoms. The Balaban J connectivity index is 0.00000192. The van der Waals surface area contributed by atoms with Crippen molar-refractivity contribution < 1.29 is 13.2 Å². The van der Waals surface area contributed by atoms with E-state index < -0.39 is 10.0 Å². The van der Waals surface area contributed by atoms with Crippen LogP contribution in [0, 0.1) is 0 Å². The van der Waals surface area contributed by atoms with E-state index in [1.807, 2.05) is 6.07 Å². The molecular weight excluding hydrogens is 402 g/mol. The smallest absolute Gasteiger partial charge is 0.243 e. The SMILES string of the molecule is Cl.O=S(=O)(c1ccc2c(c1)COC2)N1CCC(c2nnc3n2CCNC3)CC1. The number of sulfonamides is 1. The normalized spacial score (nSPS) is 20.4. The first-order chi connectivity index (χ1) is 13.1. The van der Waals surface area contributed by atoms with E-state index in [0.717, 1.165) is 55.3 Å². The monoisotopic (exact) mass is 425 g/mol. The number of rotatable bonds is 3. The summed E-state index contributed by atoms with van der Waals surface area (Å²) >= 11 is 0. The largest absolute Gasteiger partial charge is 0.372 e. The van der Waals surface area contributed by atoms with Crippen molar-refractivity contribution in [2.75, 3.05) is 19.6 Å². The molecule has 10 heteroatoms. The number of fused-ring (bicyclic) bond motifs is 2. The molecule has 152 valence electrons. The van der Waals surface area contributed by atoms with Gasteiger partial charge in [0.1, 0.15) is 11.6 Å². The molecule has 0 aliphatic carbocycles. The van der Waals surface area contributed by atoms with Crippen LogP contribution in [0.1, 0.15) is 41.5 Å². The van der Waals surface area contributed by atoms with E-state index in [1.165, 1.54) is 0 Å². The summed E-state index contributed by atoms with van der Waals surface area (Å²) in [7, 11) is -3.47. The summed E-state index contributed by atoms with van der Waals surface area (Å²) in [5, 5.41) is 12.0. The maximum atomic E-state index is 13.1. The molecule has 0 radical (unpaired) electrons. The summed E-state index contributed by atoms with van der Waals surface area (Å²) in [6.07, 6.45) is 1.55. The molecule has 28 heavy (non-hydrogen) atoms. The predicted molar refractivity (Wildman–Crippen MR) is 105 cm³/mol. The third-order valence-electron chi connectivity index (χ3n) is 5.80. The fourth-order valence-corrected chi connectivity index (χ4v) is 5.75. The Labute approximate surface area is 170 Å². The highest BCUT2D eigenvalue weighted by molar-refractivity contribution is 7.89. The number of piperidine rings is 1. The van der Waals surface area contributed by atoms with Crippen molar-refractivity contribution in [1.82, 2.24) is 24.4 Å². The highest BCUT2D eigenvalue weighted by atomic mass is 35.5. The van der Waals surface area contributed by atoms with Crippen LogP contribution in [0.2, 0.25) is 0 Å². The van der Waals surface area contributed by atoms with Crippen molar-refractivity contribution in [2.45, 2.75) is 50.0 Å². The maximum Gasteiger partial charge on any atom is 0.243 e. The number of aromatic nitrogens is 3. The van der Waals surface area contributed by atoms with Crippen LogP contribution in [-0.2, 0) is 41.1 Å². The van der Waals surface area contributed by atoms with Gasteiger partial charge in [0.2, 0.25) is 10.0 Å². The first-order valence-electron chi connectivity index (χ1n) is 9.45. The summed E-state index contributed by atoms with van der Waals surface area (Å²) in [6.45, 7) is 4.65. The van der Waals surface area contributed by atoms with E-state index in [9.17, 15) is 8.42 Å². The molecule has 0 unspecified atom stereocenters. The van der Waals surface area contributed by atoms with Crippen LogP contribution in [0.3, 0.4) is 0 Å². The van der Waals surface area contributed by atoms with Gasteiger partial charge in [0.05, 0.1) is 24.7 Å². The number of hydrogen-bond donors (Lipinski definition) is 1. The van der Waals surface area contributed by atoms with E-state index in [2.05, 4.69) is 20.1 Å². The summed E-state index contributed by atoms with van der Waals surface area (Å²) in [5.74, 6) is 2.26. The van der Waals surface area contributed by atoms with Gasteiger partial charge in [-0.2, -0.15) is 4.31 Å². The van der Waals surface area contributed by atoms with E-state index in [-0.39, 0.29) is 18.3 Å². The van der Waals surface area contributed by atoms with E-state index >= 15 is 0 Å². The van der Waals surface area contributed by atoms with Crippen molar-refractivity contribution in [1.29, 1.82) is 0 Å². The van der Waals surface area contributed by atoms with Crippen LogP contribution in [0.25, 0.3) is 0 Å². The number of ether oxygens (including phenoxy) is 1. The Morgan fingerprint density at radius 1 is 1.07 bits per heavy atom. The van der Waals surface area contributed by atoms with Crippen LogP contribution in [0.4, 0.5) is 0 Å². The summed E-state index contributed by atoms with van der Waals surface area (Å²) in [6, 6.07) is 5.35. The van der Waals surface area contributed by atoms with Gasteiger partial charge in [-0.25, -0.2) is 8.42 Å². The molecule has 1 aromatic heterocycles. The third-order valence-corrected chi connectivity index (χ3v) is 7.70.